The molecule has 1 heterocycles. The first kappa shape index (κ1) is 22.5. The Morgan fingerprint density at radius 3 is 2.32 bits per heavy atom. The zero-order valence-electron chi connectivity index (χ0n) is 16.3. The van der Waals surface area contributed by atoms with Crippen LogP contribution in [0, 0.1) is 5.82 Å². The zero-order chi connectivity index (χ0) is 22.6. The maximum absolute atomic E-state index is 13.2. The van der Waals surface area contributed by atoms with Gasteiger partial charge in [-0.05, 0) is 48.4 Å². The van der Waals surface area contributed by atoms with Crippen LogP contribution in [0.25, 0.3) is 12.2 Å². The number of benzene rings is 2. The lowest BCUT2D eigenvalue weighted by atomic mass is 10.1. The van der Waals surface area contributed by atoms with Gasteiger partial charge in [-0.2, -0.15) is 13.2 Å². The van der Waals surface area contributed by atoms with E-state index in [1.165, 1.54) is 53.1 Å². The van der Waals surface area contributed by atoms with Crippen molar-refractivity contribution in [2.75, 3.05) is 6.61 Å². The van der Waals surface area contributed by atoms with Crippen LogP contribution < -0.4 is 14.8 Å². The second kappa shape index (κ2) is 9.30. The molecule has 3 aromatic rings. The van der Waals surface area contributed by atoms with Crippen LogP contribution in [-0.4, -0.2) is 17.1 Å². The first-order chi connectivity index (χ1) is 14.7. The van der Waals surface area contributed by atoms with Gasteiger partial charge in [0.05, 0.1) is 29.3 Å². The summed E-state index contributed by atoms with van der Waals surface area (Å²) >= 11 is 1.01. The number of halogens is 4. The van der Waals surface area contributed by atoms with E-state index >= 15 is 0 Å². The van der Waals surface area contributed by atoms with Gasteiger partial charge >= 0.3 is 12.1 Å². The van der Waals surface area contributed by atoms with Crippen molar-refractivity contribution in [1.29, 1.82) is 0 Å². The summed E-state index contributed by atoms with van der Waals surface area (Å²) in [5.74, 6) is -1.05. The van der Waals surface area contributed by atoms with Crippen LogP contribution in [0.2, 0.25) is 0 Å². The number of aromatic nitrogens is 1. The topological polar surface area (TPSA) is 48.3 Å². The minimum absolute atomic E-state index is 0.0850. The molecule has 0 fully saturated rings. The van der Waals surface area contributed by atoms with Crippen molar-refractivity contribution in [1.82, 2.24) is 4.57 Å². The molecule has 3 rings (SSSR count). The third kappa shape index (κ3) is 5.69. The molecule has 0 unspecified atom stereocenters. The van der Waals surface area contributed by atoms with Crippen LogP contribution in [0.15, 0.2) is 53.3 Å². The Morgan fingerprint density at radius 2 is 1.74 bits per heavy atom. The molecular weight excluding hydrogens is 434 g/mol. The van der Waals surface area contributed by atoms with Gasteiger partial charge in [0.15, 0.2) is 0 Å². The summed E-state index contributed by atoms with van der Waals surface area (Å²) in [4.78, 5) is 24.9. The molecule has 162 valence electrons. The molecule has 4 nitrogen and oxygen atoms in total. The molecular formula is C22H17F4NO3S. The third-order valence-electron chi connectivity index (χ3n) is 4.25. The van der Waals surface area contributed by atoms with Gasteiger partial charge < -0.3 is 4.74 Å². The molecule has 0 saturated heterocycles. The van der Waals surface area contributed by atoms with Gasteiger partial charge in [0, 0.05) is 0 Å². The summed E-state index contributed by atoms with van der Waals surface area (Å²) in [6.45, 7) is 1.89. The van der Waals surface area contributed by atoms with Crippen LogP contribution in [-0.2, 0) is 22.3 Å². The maximum Gasteiger partial charge on any atom is 0.416 e. The van der Waals surface area contributed by atoms with Crippen LogP contribution in [0.3, 0.4) is 0 Å². The van der Waals surface area contributed by atoms with Crippen molar-refractivity contribution in [2.24, 2.45) is 0 Å². The molecule has 0 bridgehead atoms. The number of alkyl halides is 3. The van der Waals surface area contributed by atoms with E-state index in [1.54, 1.807) is 6.92 Å². The van der Waals surface area contributed by atoms with E-state index in [2.05, 4.69) is 0 Å². The summed E-state index contributed by atoms with van der Waals surface area (Å²) < 4.78 is 58.2. The van der Waals surface area contributed by atoms with E-state index in [0.717, 1.165) is 23.5 Å². The molecule has 0 saturated carbocycles. The monoisotopic (exact) mass is 451 g/mol. The first-order valence-corrected chi connectivity index (χ1v) is 10.0. The van der Waals surface area contributed by atoms with Crippen molar-refractivity contribution in [3.05, 3.63) is 90.6 Å². The largest absolute Gasteiger partial charge is 0.463 e. The van der Waals surface area contributed by atoms with E-state index in [9.17, 15) is 27.2 Å². The highest BCUT2D eigenvalue weighted by Gasteiger charge is 2.29. The van der Waals surface area contributed by atoms with Gasteiger partial charge in [-0.15, -0.1) is 11.3 Å². The minimum Gasteiger partial charge on any atom is -0.463 e. The van der Waals surface area contributed by atoms with Crippen molar-refractivity contribution < 1.29 is 27.1 Å². The second-order valence-corrected chi connectivity index (χ2v) is 7.55. The van der Waals surface area contributed by atoms with Gasteiger partial charge in [0.2, 0.25) is 0 Å². The highest BCUT2D eigenvalue weighted by atomic mass is 32.1. The molecule has 0 atom stereocenters. The number of nitrogens with zero attached hydrogens (tertiary/aromatic N) is 1. The average Bonchev–Trinajstić information content (AvgIpc) is 2.98. The molecule has 31 heavy (non-hydrogen) atoms. The summed E-state index contributed by atoms with van der Waals surface area (Å²) in [6, 6.07) is 9.96. The first-order valence-electron chi connectivity index (χ1n) is 9.19. The number of thiazole rings is 1. The van der Waals surface area contributed by atoms with Gasteiger partial charge in [0.25, 0.3) is 5.56 Å². The van der Waals surface area contributed by atoms with E-state index in [4.69, 9.17) is 4.74 Å². The molecule has 0 aliphatic rings. The smallest absolute Gasteiger partial charge is 0.416 e. The number of hydrogen-bond donors (Lipinski definition) is 0. The number of hydrogen-bond acceptors (Lipinski definition) is 4. The fourth-order valence-corrected chi connectivity index (χ4v) is 3.80. The predicted octanol–water partition coefficient (Wildman–Crippen LogP) is 3.29. The number of esters is 1. The normalized spacial score (nSPS) is 12.9. The van der Waals surface area contributed by atoms with Gasteiger partial charge in [-0.3, -0.25) is 9.36 Å². The average molecular weight is 451 g/mol. The summed E-state index contributed by atoms with van der Waals surface area (Å²) in [5.41, 5.74) is -0.172. The Labute approximate surface area is 178 Å². The number of rotatable bonds is 5. The summed E-state index contributed by atoms with van der Waals surface area (Å²) in [5, 5.41) is 0. The minimum atomic E-state index is -4.45. The standard InChI is InChI=1S/C22H17F4NO3S/c1-2-30-20(28)12-19-27(13-15-5-9-17(23)10-6-15)21(29)18(31-19)11-14-3-7-16(8-4-14)22(24,25)26/h3-12H,2,13H2,1H3. The molecule has 0 spiro atoms. The quantitative estimate of drug-likeness (QED) is 0.442. The van der Waals surface area contributed by atoms with Crippen LogP contribution >= 0.6 is 11.3 Å². The van der Waals surface area contributed by atoms with Gasteiger partial charge in [0.1, 0.15) is 10.5 Å². The number of carbonyl (C=O) groups excluding carboxylic acids is 1. The van der Waals surface area contributed by atoms with E-state index in [1.807, 2.05) is 0 Å². The number of ether oxygens (including phenoxy) is 1. The molecule has 2 aromatic carbocycles. The van der Waals surface area contributed by atoms with E-state index in [-0.39, 0.29) is 17.7 Å². The van der Waals surface area contributed by atoms with Crippen molar-refractivity contribution in [3.8, 4) is 0 Å². The van der Waals surface area contributed by atoms with Crippen LogP contribution in [0.1, 0.15) is 23.6 Å². The predicted molar refractivity (Wildman–Crippen MR) is 109 cm³/mol. The van der Waals surface area contributed by atoms with Gasteiger partial charge in [-0.25, -0.2) is 9.18 Å². The van der Waals surface area contributed by atoms with Crippen molar-refractivity contribution in [3.63, 3.8) is 0 Å². The Bertz CT molecular complexity index is 1240. The zero-order valence-corrected chi connectivity index (χ0v) is 17.1. The van der Waals surface area contributed by atoms with Crippen molar-refractivity contribution in [2.45, 2.75) is 19.6 Å². The Morgan fingerprint density at radius 1 is 1.10 bits per heavy atom. The number of carbonyl (C=O) groups is 1. The lowest BCUT2D eigenvalue weighted by molar-refractivity contribution is -0.137. The molecule has 0 N–H and O–H groups in total. The highest BCUT2D eigenvalue weighted by Crippen LogP contribution is 2.29. The fourth-order valence-electron chi connectivity index (χ4n) is 2.77. The molecule has 0 radical (unpaired) electrons. The van der Waals surface area contributed by atoms with E-state index < -0.39 is 29.1 Å². The summed E-state index contributed by atoms with van der Waals surface area (Å²) in [7, 11) is 0. The van der Waals surface area contributed by atoms with Crippen LogP contribution in [0.5, 0.6) is 0 Å². The maximum atomic E-state index is 13.2. The van der Waals surface area contributed by atoms with E-state index in [0.29, 0.717) is 15.8 Å². The molecule has 1 aromatic heterocycles. The molecule has 0 aliphatic carbocycles. The van der Waals surface area contributed by atoms with Gasteiger partial charge in [-0.1, -0.05) is 24.3 Å². The second-order valence-electron chi connectivity index (χ2n) is 6.48. The van der Waals surface area contributed by atoms with Crippen molar-refractivity contribution >= 4 is 29.5 Å². The Hall–Kier alpha value is -3.20. The third-order valence-corrected chi connectivity index (χ3v) is 5.31. The lowest BCUT2D eigenvalue weighted by Gasteiger charge is -2.05. The van der Waals surface area contributed by atoms with Crippen LogP contribution in [0.4, 0.5) is 17.6 Å². The molecule has 0 amide bonds. The fraction of sp³-hybridized carbons (Fsp3) is 0.182. The molecule has 0 aliphatic heterocycles. The highest BCUT2D eigenvalue weighted by molar-refractivity contribution is 7.07. The molecule has 9 heteroatoms. The Kier molecular flexibility index (Phi) is 6.74. The Balaban J connectivity index is 2.08. The lowest BCUT2D eigenvalue weighted by Crippen LogP contribution is -2.32. The summed E-state index contributed by atoms with van der Waals surface area (Å²) in [6.07, 6.45) is -1.81. The SMILES string of the molecule is CCOC(=O)C=c1sc(=Cc2ccc(C(F)(F)F)cc2)c(=O)n1Cc1ccc(F)cc1.